The lowest BCUT2D eigenvalue weighted by Gasteiger charge is -2.17. The van der Waals surface area contributed by atoms with Crippen molar-refractivity contribution in [3.63, 3.8) is 0 Å². The molecule has 62 heavy (non-hydrogen) atoms. The van der Waals surface area contributed by atoms with E-state index in [1.54, 1.807) is 0 Å². The second-order valence-electron chi connectivity index (χ2n) is 16.1. The molecule has 2 aromatic heterocycles. The number of furan rings is 1. The van der Waals surface area contributed by atoms with Crippen LogP contribution in [0.15, 0.2) is 217 Å². The van der Waals surface area contributed by atoms with E-state index in [4.69, 9.17) is 14.4 Å². The van der Waals surface area contributed by atoms with E-state index in [0.29, 0.717) is 5.82 Å². The van der Waals surface area contributed by atoms with Crippen LogP contribution in [-0.4, -0.2) is 9.97 Å². The molecule has 0 aliphatic carbocycles. The van der Waals surface area contributed by atoms with Crippen LogP contribution in [0.25, 0.3) is 122 Å². The van der Waals surface area contributed by atoms with E-state index in [0.717, 1.165) is 77.7 Å². The molecular formula is C59H38N2O. The average Bonchev–Trinajstić information content (AvgIpc) is 3.72. The van der Waals surface area contributed by atoms with E-state index in [1.165, 1.54) is 43.6 Å². The van der Waals surface area contributed by atoms with Crippen LogP contribution >= 0.6 is 0 Å². The smallest absolute Gasteiger partial charge is 0.160 e. The lowest BCUT2D eigenvalue weighted by atomic mass is 9.90. The highest BCUT2D eigenvalue weighted by Gasteiger charge is 2.22. The van der Waals surface area contributed by atoms with Gasteiger partial charge in [-0.2, -0.15) is 0 Å². The minimum atomic E-state index is 0.674. The van der Waals surface area contributed by atoms with Gasteiger partial charge in [0.15, 0.2) is 5.82 Å². The van der Waals surface area contributed by atoms with Gasteiger partial charge < -0.3 is 4.42 Å². The molecule has 0 fully saturated rings. The Labute approximate surface area is 359 Å². The van der Waals surface area contributed by atoms with E-state index in [-0.39, 0.29) is 0 Å². The summed E-state index contributed by atoms with van der Waals surface area (Å²) in [5.74, 6) is 0.674. The Morgan fingerprint density at radius 1 is 0.323 bits per heavy atom. The van der Waals surface area contributed by atoms with Gasteiger partial charge in [-0.25, -0.2) is 9.97 Å². The van der Waals surface area contributed by atoms with Gasteiger partial charge in [0.2, 0.25) is 0 Å². The molecule has 290 valence electrons. The van der Waals surface area contributed by atoms with Gasteiger partial charge in [-0.3, -0.25) is 0 Å². The predicted octanol–water partition coefficient (Wildman–Crippen LogP) is 16.1. The van der Waals surface area contributed by atoms with Crippen LogP contribution < -0.4 is 0 Å². The van der Waals surface area contributed by atoms with Crippen molar-refractivity contribution in [1.82, 2.24) is 9.97 Å². The number of fused-ring (bicyclic) bond motifs is 6. The molecule has 0 aliphatic heterocycles. The third-order valence-corrected chi connectivity index (χ3v) is 12.4. The molecule has 0 bridgehead atoms. The molecule has 12 aromatic rings. The summed E-state index contributed by atoms with van der Waals surface area (Å²) in [5.41, 5.74) is 14.3. The van der Waals surface area contributed by atoms with Crippen LogP contribution in [0.4, 0.5) is 0 Å². The summed E-state index contributed by atoms with van der Waals surface area (Å²) < 4.78 is 6.74. The quantitative estimate of drug-likeness (QED) is 0.168. The third kappa shape index (κ3) is 6.05. The van der Waals surface area contributed by atoms with Crippen LogP contribution in [0.3, 0.4) is 0 Å². The Bertz CT molecular complexity index is 3690. The van der Waals surface area contributed by atoms with E-state index in [9.17, 15) is 0 Å². The Morgan fingerprint density at radius 3 is 1.71 bits per heavy atom. The normalized spacial score (nSPS) is 11.6. The molecule has 0 saturated heterocycles. The fourth-order valence-electron chi connectivity index (χ4n) is 9.34. The number of nitrogens with zero attached hydrogens (tertiary/aromatic N) is 2. The maximum Gasteiger partial charge on any atom is 0.160 e. The summed E-state index contributed by atoms with van der Waals surface area (Å²) in [6.07, 6.45) is 0. The zero-order valence-corrected chi connectivity index (χ0v) is 34.0. The zero-order chi connectivity index (χ0) is 41.1. The monoisotopic (exact) mass is 790 g/mol. The molecule has 3 nitrogen and oxygen atoms in total. The van der Waals surface area contributed by atoms with Gasteiger partial charge in [-0.15, -0.1) is 0 Å². The first-order valence-electron chi connectivity index (χ1n) is 21.1. The van der Waals surface area contributed by atoms with Gasteiger partial charge in [-0.1, -0.05) is 176 Å². The van der Waals surface area contributed by atoms with Crippen molar-refractivity contribution in [2.75, 3.05) is 0 Å². The first kappa shape index (κ1) is 35.8. The van der Waals surface area contributed by atoms with Gasteiger partial charge in [0, 0.05) is 33.0 Å². The lowest BCUT2D eigenvalue weighted by molar-refractivity contribution is 0.669. The van der Waals surface area contributed by atoms with Crippen LogP contribution in [0.1, 0.15) is 5.56 Å². The number of hydrogen-bond acceptors (Lipinski definition) is 3. The van der Waals surface area contributed by atoms with Gasteiger partial charge in [-0.05, 0) is 109 Å². The van der Waals surface area contributed by atoms with Gasteiger partial charge in [0.1, 0.15) is 11.2 Å². The summed E-state index contributed by atoms with van der Waals surface area (Å²) in [7, 11) is 0. The average molecular weight is 791 g/mol. The Morgan fingerprint density at radius 2 is 0.887 bits per heavy atom. The molecule has 0 aliphatic rings. The minimum absolute atomic E-state index is 0.674. The molecule has 0 N–H and O–H groups in total. The van der Waals surface area contributed by atoms with E-state index in [2.05, 4.69) is 213 Å². The lowest BCUT2D eigenvalue weighted by Crippen LogP contribution is -2.01. The van der Waals surface area contributed by atoms with Gasteiger partial charge in [0.05, 0.1) is 11.4 Å². The van der Waals surface area contributed by atoms with Gasteiger partial charge >= 0.3 is 0 Å². The van der Waals surface area contributed by atoms with Crippen molar-refractivity contribution >= 4 is 54.3 Å². The van der Waals surface area contributed by atoms with E-state index < -0.39 is 0 Å². The van der Waals surface area contributed by atoms with Crippen molar-refractivity contribution in [3.8, 4) is 67.3 Å². The van der Waals surface area contributed by atoms with Crippen LogP contribution in [-0.2, 0) is 0 Å². The SMILES string of the molecule is Cc1c(-c2ccc(-c3cccc4ccccc34)cc2)nc(-c2ccc3ccccc3c2)nc1-c1cc(-c2cc(-c3ccccc3)c3ccccc3c2)cc2oc3ccccc3c12. The van der Waals surface area contributed by atoms with Crippen molar-refractivity contribution in [3.05, 3.63) is 218 Å². The number of benzene rings is 10. The first-order valence-corrected chi connectivity index (χ1v) is 21.1. The molecule has 0 amide bonds. The van der Waals surface area contributed by atoms with E-state index in [1.807, 2.05) is 6.07 Å². The number of para-hydroxylation sites is 1. The number of hydrogen-bond donors (Lipinski definition) is 0. The molecule has 12 rings (SSSR count). The van der Waals surface area contributed by atoms with Crippen LogP contribution in [0, 0.1) is 6.92 Å². The van der Waals surface area contributed by atoms with E-state index >= 15 is 0 Å². The molecular weight excluding hydrogens is 753 g/mol. The highest BCUT2D eigenvalue weighted by molar-refractivity contribution is 6.14. The molecule has 0 radical (unpaired) electrons. The summed E-state index contributed by atoms with van der Waals surface area (Å²) in [5, 5.41) is 9.28. The molecule has 3 heteroatoms. The predicted molar refractivity (Wildman–Crippen MR) is 259 cm³/mol. The Balaban J connectivity index is 1.11. The van der Waals surface area contributed by atoms with Gasteiger partial charge in [0.25, 0.3) is 0 Å². The van der Waals surface area contributed by atoms with Crippen molar-refractivity contribution in [1.29, 1.82) is 0 Å². The van der Waals surface area contributed by atoms with Crippen molar-refractivity contribution in [2.45, 2.75) is 6.92 Å². The number of aromatic nitrogens is 2. The minimum Gasteiger partial charge on any atom is -0.456 e. The summed E-state index contributed by atoms with van der Waals surface area (Å²) in [6.45, 7) is 2.16. The summed E-state index contributed by atoms with van der Waals surface area (Å²) in [6, 6.07) is 75.7. The fourth-order valence-corrected chi connectivity index (χ4v) is 9.34. The fraction of sp³-hybridized carbons (Fsp3) is 0.0169. The largest absolute Gasteiger partial charge is 0.456 e. The maximum atomic E-state index is 6.74. The molecule has 10 aromatic carbocycles. The Kier molecular flexibility index (Phi) is 8.39. The first-order chi connectivity index (χ1) is 30.6. The molecule has 0 saturated carbocycles. The maximum absolute atomic E-state index is 6.74. The summed E-state index contributed by atoms with van der Waals surface area (Å²) in [4.78, 5) is 11.0. The van der Waals surface area contributed by atoms with Crippen molar-refractivity contribution < 1.29 is 4.42 Å². The number of rotatable bonds is 6. The van der Waals surface area contributed by atoms with Crippen LogP contribution in [0.2, 0.25) is 0 Å². The van der Waals surface area contributed by atoms with Crippen LogP contribution in [0.5, 0.6) is 0 Å². The Hall–Kier alpha value is -8.14. The molecule has 0 unspecified atom stereocenters. The second-order valence-corrected chi connectivity index (χ2v) is 16.1. The topological polar surface area (TPSA) is 38.9 Å². The second kappa shape index (κ2) is 14.5. The highest BCUT2D eigenvalue weighted by atomic mass is 16.3. The third-order valence-electron chi connectivity index (χ3n) is 12.4. The highest BCUT2D eigenvalue weighted by Crippen LogP contribution is 2.44. The molecule has 0 spiro atoms. The summed E-state index contributed by atoms with van der Waals surface area (Å²) >= 11 is 0. The van der Waals surface area contributed by atoms with Crippen molar-refractivity contribution in [2.24, 2.45) is 0 Å². The molecule has 2 heterocycles. The zero-order valence-electron chi connectivity index (χ0n) is 34.0. The standard InChI is InChI=1S/C59H38N2O/c1-37-57(42-29-27-41(28-30-42)49-24-13-20-39-17-7-9-21-48(39)49)60-59(45-31-26-38-14-5-6-18-43(38)32-45)61-58(37)53-35-47(36-55-56(53)51-23-11-12-25-54(51)62-55)46-33-44-19-8-10-22-50(44)52(34-46)40-15-3-2-4-16-40/h2-36H,1H3. The molecule has 0 atom stereocenters.